The lowest BCUT2D eigenvalue weighted by Gasteiger charge is -2.15. The Labute approximate surface area is 186 Å². The van der Waals surface area contributed by atoms with Crippen LogP contribution < -0.4 is 4.74 Å². The molecule has 0 radical (unpaired) electrons. The monoisotopic (exact) mass is 474 g/mol. The highest BCUT2D eigenvalue weighted by Crippen LogP contribution is 2.41. The van der Waals surface area contributed by atoms with Gasteiger partial charge >= 0.3 is 0 Å². The first-order valence-corrected chi connectivity index (χ1v) is 10.9. The summed E-state index contributed by atoms with van der Waals surface area (Å²) in [5.74, 6) is -3.19. The second-order valence-corrected chi connectivity index (χ2v) is 8.93. The van der Waals surface area contributed by atoms with Crippen LogP contribution in [-0.2, 0) is 10.0 Å². The molecular weight excluding hydrogens is 460 g/mol. The van der Waals surface area contributed by atoms with Crippen molar-refractivity contribution in [2.24, 2.45) is 0 Å². The van der Waals surface area contributed by atoms with Crippen LogP contribution in [0.1, 0.15) is 23.1 Å². The van der Waals surface area contributed by atoms with Crippen LogP contribution in [-0.4, -0.2) is 12.4 Å². The Kier molecular flexibility index (Phi) is 5.59. The summed E-state index contributed by atoms with van der Waals surface area (Å²) in [6.45, 7) is 1.77. The van der Waals surface area contributed by atoms with Gasteiger partial charge in [0.05, 0.1) is 21.5 Å². The smallest absolute Gasteiger partial charge is 0.268 e. The Hall–Kier alpha value is -3.84. The van der Waals surface area contributed by atoms with Gasteiger partial charge in [0.15, 0.2) is 11.6 Å². The highest BCUT2D eigenvalue weighted by Gasteiger charge is 2.28. The van der Waals surface area contributed by atoms with E-state index >= 15 is 0 Å². The molecule has 0 fully saturated rings. The molecule has 10 heteroatoms. The van der Waals surface area contributed by atoms with Crippen molar-refractivity contribution in [1.29, 1.82) is 5.26 Å². The van der Waals surface area contributed by atoms with Crippen LogP contribution in [0, 0.1) is 29.9 Å². The first-order chi connectivity index (χ1) is 15.6. The van der Waals surface area contributed by atoms with E-state index in [1.54, 1.807) is 25.1 Å². The third kappa shape index (κ3) is 3.91. The molecule has 1 aromatic heterocycles. The molecule has 0 atom stereocenters. The molecule has 1 heterocycles. The summed E-state index contributed by atoms with van der Waals surface area (Å²) >= 11 is 0. The van der Waals surface area contributed by atoms with E-state index in [1.165, 1.54) is 12.1 Å². The van der Waals surface area contributed by atoms with Gasteiger partial charge in [0, 0.05) is 23.7 Å². The number of fused-ring (bicyclic) bond motifs is 1. The Morgan fingerprint density at radius 3 is 2.33 bits per heavy atom. The number of ether oxygens (including phenoxy) is 1. The quantitative estimate of drug-likeness (QED) is 0.329. The number of hydrogen-bond donors (Lipinski definition) is 0. The molecule has 3 aromatic carbocycles. The number of nitriles is 1. The number of benzene rings is 3. The topological polar surface area (TPSA) is 72.1 Å². The van der Waals surface area contributed by atoms with Gasteiger partial charge in [0.1, 0.15) is 17.6 Å². The fourth-order valence-corrected chi connectivity index (χ4v) is 4.70. The largest absolute Gasteiger partial charge is 0.454 e. The summed E-state index contributed by atoms with van der Waals surface area (Å²) < 4.78 is 88.6. The van der Waals surface area contributed by atoms with Gasteiger partial charge in [-0.3, -0.25) is 0 Å². The number of hydrogen-bond acceptors (Lipinski definition) is 4. The van der Waals surface area contributed by atoms with Crippen molar-refractivity contribution in [2.75, 3.05) is 0 Å². The van der Waals surface area contributed by atoms with Crippen LogP contribution in [0.5, 0.6) is 11.5 Å². The molecule has 0 aliphatic rings. The molecule has 0 aliphatic carbocycles. The zero-order chi connectivity index (χ0) is 23.9. The predicted octanol–water partition coefficient (Wildman–Crippen LogP) is 6.07. The lowest BCUT2D eigenvalue weighted by Crippen LogP contribution is -2.12. The van der Waals surface area contributed by atoms with Gasteiger partial charge in [-0.25, -0.2) is 30.0 Å². The number of aromatic nitrogens is 1. The van der Waals surface area contributed by atoms with E-state index in [2.05, 4.69) is 0 Å². The first kappa shape index (κ1) is 22.4. The number of halogens is 4. The molecule has 0 saturated carbocycles. The minimum Gasteiger partial charge on any atom is -0.454 e. The number of nitrogens with zero attached hydrogens (tertiary/aromatic N) is 2. The third-order valence-corrected chi connectivity index (χ3v) is 6.68. The molecule has 0 spiro atoms. The minimum absolute atomic E-state index is 0.0970. The third-order valence-electron chi connectivity index (χ3n) is 4.98. The molecule has 5 nitrogen and oxygen atoms in total. The molecule has 33 heavy (non-hydrogen) atoms. The van der Waals surface area contributed by atoms with Crippen LogP contribution in [0.3, 0.4) is 0 Å². The predicted molar refractivity (Wildman–Crippen MR) is 112 cm³/mol. The summed E-state index contributed by atoms with van der Waals surface area (Å²) in [5.41, 5.74) is -0.763. The second-order valence-electron chi connectivity index (χ2n) is 7.12. The van der Waals surface area contributed by atoms with Gasteiger partial charge in [0.2, 0.25) is 0 Å². The molecule has 0 aliphatic heterocycles. The van der Waals surface area contributed by atoms with Crippen molar-refractivity contribution in [3.05, 3.63) is 89.1 Å². The maximum atomic E-state index is 15.0. The molecular formula is C23H14F4N2O3S. The van der Waals surface area contributed by atoms with Crippen molar-refractivity contribution >= 4 is 20.9 Å². The molecule has 0 amide bonds. The van der Waals surface area contributed by atoms with Crippen LogP contribution in [0.4, 0.5) is 17.6 Å². The Morgan fingerprint density at radius 1 is 1.00 bits per heavy atom. The minimum atomic E-state index is -4.20. The van der Waals surface area contributed by atoms with Gasteiger partial charge in [-0.2, -0.15) is 5.26 Å². The second kappa shape index (κ2) is 8.26. The lowest BCUT2D eigenvalue weighted by molar-refractivity contribution is 0.149. The van der Waals surface area contributed by atoms with Gasteiger partial charge in [-0.15, -0.1) is 0 Å². The van der Waals surface area contributed by atoms with Crippen molar-refractivity contribution in [2.45, 2.75) is 18.2 Å². The number of alkyl halides is 2. The van der Waals surface area contributed by atoms with E-state index in [4.69, 9.17) is 10.00 Å². The van der Waals surface area contributed by atoms with Crippen molar-refractivity contribution in [3.8, 4) is 17.6 Å². The molecule has 4 aromatic rings. The fraction of sp³-hybridized carbons (Fsp3) is 0.0870. The lowest BCUT2D eigenvalue weighted by atomic mass is 10.1. The van der Waals surface area contributed by atoms with Gasteiger partial charge in [-0.05, 0) is 37.3 Å². The maximum absolute atomic E-state index is 15.0. The van der Waals surface area contributed by atoms with Crippen LogP contribution in [0.15, 0.2) is 65.7 Å². The Bertz CT molecular complexity index is 1520. The van der Waals surface area contributed by atoms with E-state index in [0.29, 0.717) is 0 Å². The average Bonchev–Trinajstić information content (AvgIpc) is 3.19. The molecule has 0 unspecified atom stereocenters. The van der Waals surface area contributed by atoms with E-state index in [0.717, 1.165) is 46.1 Å². The summed E-state index contributed by atoms with van der Waals surface area (Å²) in [4.78, 5) is -0.0970. The highest BCUT2D eigenvalue weighted by molar-refractivity contribution is 7.90. The first-order valence-electron chi connectivity index (χ1n) is 9.45. The number of rotatable bonds is 5. The Morgan fingerprint density at radius 2 is 1.70 bits per heavy atom. The molecule has 168 valence electrons. The zero-order valence-electron chi connectivity index (χ0n) is 16.9. The average molecular weight is 474 g/mol. The normalized spacial score (nSPS) is 11.7. The van der Waals surface area contributed by atoms with Gasteiger partial charge < -0.3 is 4.74 Å². The summed E-state index contributed by atoms with van der Waals surface area (Å²) in [6.07, 6.45) is -2.17. The molecule has 0 bridgehead atoms. The standard InChI is InChI=1S/C23H14F4N2O3S/c1-13-2-5-16(6-3-13)33(30,31)29-9-8-17-20(29)11-19(25)22(21(17)23(26)27)32-15-4-7-18(24)14(10-15)12-28/h2-11,23H,1H3. The van der Waals surface area contributed by atoms with E-state index in [1.807, 2.05) is 0 Å². The van der Waals surface area contributed by atoms with Gasteiger partial charge in [0.25, 0.3) is 16.4 Å². The Balaban J connectivity index is 1.89. The fourth-order valence-electron chi connectivity index (χ4n) is 3.36. The van der Waals surface area contributed by atoms with Crippen molar-refractivity contribution in [1.82, 2.24) is 3.97 Å². The van der Waals surface area contributed by atoms with Crippen LogP contribution in [0.25, 0.3) is 10.9 Å². The number of aryl methyl sites for hydroxylation is 1. The molecule has 4 rings (SSSR count). The van der Waals surface area contributed by atoms with E-state index in [9.17, 15) is 26.0 Å². The zero-order valence-corrected chi connectivity index (χ0v) is 17.7. The highest BCUT2D eigenvalue weighted by atomic mass is 32.2. The molecule has 0 saturated heterocycles. The van der Waals surface area contributed by atoms with Crippen molar-refractivity contribution in [3.63, 3.8) is 0 Å². The van der Waals surface area contributed by atoms with Crippen molar-refractivity contribution < 1.29 is 30.7 Å². The van der Waals surface area contributed by atoms with Gasteiger partial charge in [-0.1, -0.05) is 17.7 Å². The summed E-state index contributed by atoms with van der Waals surface area (Å²) in [7, 11) is -4.20. The van der Waals surface area contributed by atoms with Crippen LogP contribution in [0.2, 0.25) is 0 Å². The summed E-state index contributed by atoms with van der Waals surface area (Å²) in [6, 6.07) is 12.2. The van der Waals surface area contributed by atoms with E-state index in [-0.39, 0.29) is 21.5 Å². The maximum Gasteiger partial charge on any atom is 0.268 e. The van der Waals surface area contributed by atoms with E-state index < -0.39 is 45.0 Å². The van der Waals surface area contributed by atoms with Crippen LogP contribution >= 0.6 is 0 Å². The summed E-state index contributed by atoms with van der Waals surface area (Å²) in [5, 5.41) is 8.70. The SMILES string of the molecule is Cc1ccc(S(=O)(=O)n2ccc3c(C(F)F)c(Oc4ccc(F)c(C#N)c4)c(F)cc32)cc1. The molecule has 0 N–H and O–H groups in total.